The highest BCUT2D eigenvalue weighted by Gasteiger charge is 2.43. The van der Waals surface area contributed by atoms with Crippen LogP contribution >= 0.6 is 0 Å². The first-order chi connectivity index (χ1) is 5.73. The summed E-state index contributed by atoms with van der Waals surface area (Å²) in [5.41, 5.74) is 0.507. The first kappa shape index (κ1) is 8.52. The second-order valence-corrected chi connectivity index (χ2v) is 4.59. The Bertz CT molecular complexity index is 167. The monoisotopic (exact) mass is 169 g/mol. The summed E-state index contributed by atoms with van der Waals surface area (Å²) in [5.74, 6) is 0.858. The normalized spacial score (nSPS) is 44.0. The van der Waals surface area contributed by atoms with Crippen molar-refractivity contribution < 1.29 is 4.74 Å². The molecule has 0 N–H and O–H groups in total. The number of hydrogen-bond acceptors (Lipinski definition) is 2. The first-order valence-electron chi connectivity index (χ1n) is 4.99. The average molecular weight is 169 g/mol. The first-order valence-corrected chi connectivity index (χ1v) is 4.99. The molecule has 2 fully saturated rings. The number of ether oxygens (including phenoxy) is 1. The molecule has 0 aliphatic carbocycles. The Morgan fingerprint density at radius 3 is 2.92 bits per heavy atom. The highest BCUT2D eigenvalue weighted by Crippen LogP contribution is 2.41. The van der Waals surface area contributed by atoms with Gasteiger partial charge in [-0.15, -0.1) is 0 Å². The predicted octanol–water partition coefficient (Wildman–Crippen LogP) is 1.36. The summed E-state index contributed by atoms with van der Waals surface area (Å²) in [7, 11) is 2.22. The summed E-state index contributed by atoms with van der Waals surface area (Å²) in [6, 6.07) is 0. The van der Waals surface area contributed by atoms with E-state index in [1.165, 1.54) is 25.9 Å². The lowest BCUT2D eigenvalue weighted by Crippen LogP contribution is -2.40. The smallest absolute Gasteiger partial charge is 0.0537 e. The summed E-state index contributed by atoms with van der Waals surface area (Å²) in [5, 5.41) is 0. The van der Waals surface area contributed by atoms with Crippen LogP contribution in [0.15, 0.2) is 0 Å². The van der Waals surface area contributed by atoms with Crippen molar-refractivity contribution in [1.29, 1.82) is 0 Å². The molecule has 0 radical (unpaired) electrons. The van der Waals surface area contributed by atoms with Crippen LogP contribution in [-0.2, 0) is 4.74 Å². The number of nitrogens with zero attached hydrogens (tertiary/aromatic N) is 1. The van der Waals surface area contributed by atoms with Gasteiger partial charge < -0.3 is 9.64 Å². The molecule has 2 heteroatoms. The van der Waals surface area contributed by atoms with Crippen LogP contribution in [0.4, 0.5) is 0 Å². The second kappa shape index (κ2) is 3.00. The van der Waals surface area contributed by atoms with Gasteiger partial charge in [0.05, 0.1) is 6.61 Å². The molecule has 2 saturated heterocycles. The molecule has 0 amide bonds. The molecular formula is C10H19NO. The van der Waals surface area contributed by atoms with Gasteiger partial charge in [0, 0.05) is 18.6 Å². The van der Waals surface area contributed by atoms with Crippen LogP contribution in [0, 0.1) is 11.3 Å². The molecule has 0 aromatic rings. The minimum atomic E-state index is 0.507. The summed E-state index contributed by atoms with van der Waals surface area (Å²) in [6.07, 6.45) is 2.60. The Balaban J connectivity index is 2.07. The fraction of sp³-hybridized carbons (Fsp3) is 1.00. The van der Waals surface area contributed by atoms with Crippen molar-refractivity contribution in [1.82, 2.24) is 4.90 Å². The molecule has 70 valence electrons. The van der Waals surface area contributed by atoms with E-state index >= 15 is 0 Å². The van der Waals surface area contributed by atoms with E-state index in [2.05, 4.69) is 18.9 Å². The lowest BCUT2D eigenvalue weighted by atomic mass is 9.73. The minimum Gasteiger partial charge on any atom is -0.381 e. The van der Waals surface area contributed by atoms with Crippen LogP contribution in [-0.4, -0.2) is 38.3 Å². The van der Waals surface area contributed by atoms with Crippen LogP contribution < -0.4 is 0 Å². The largest absolute Gasteiger partial charge is 0.381 e. The van der Waals surface area contributed by atoms with E-state index in [0.29, 0.717) is 5.41 Å². The van der Waals surface area contributed by atoms with Crippen molar-refractivity contribution in [3.05, 3.63) is 0 Å². The van der Waals surface area contributed by atoms with E-state index < -0.39 is 0 Å². The van der Waals surface area contributed by atoms with E-state index in [9.17, 15) is 0 Å². The van der Waals surface area contributed by atoms with Gasteiger partial charge in [-0.25, -0.2) is 0 Å². The van der Waals surface area contributed by atoms with Crippen LogP contribution in [0.3, 0.4) is 0 Å². The van der Waals surface area contributed by atoms with Crippen LogP contribution in [0.5, 0.6) is 0 Å². The molecule has 2 aliphatic heterocycles. The molecule has 12 heavy (non-hydrogen) atoms. The van der Waals surface area contributed by atoms with E-state index in [1.54, 1.807) is 0 Å². The fourth-order valence-electron chi connectivity index (χ4n) is 2.61. The van der Waals surface area contributed by atoms with Gasteiger partial charge in [-0.05, 0) is 32.4 Å². The molecule has 0 bridgehead atoms. The standard InChI is InChI=1S/C10H19NO/c1-9-3-6-12-8-10(9)4-5-11(2)7-10/h9H,3-8H2,1-2H3. The highest BCUT2D eigenvalue weighted by molar-refractivity contribution is 4.94. The van der Waals surface area contributed by atoms with Gasteiger partial charge >= 0.3 is 0 Å². The predicted molar refractivity (Wildman–Crippen MR) is 49.1 cm³/mol. The van der Waals surface area contributed by atoms with Gasteiger partial charge in [0.2, 0.25) is 0 Å². The van der Waals surface area contributed by atoms with Crippen molar-refractivity contribution in [2.75, 3.05) is 33.4 Å². The van der Waals surface area contributed by atoms with E-state index in [0.717, 1.165) is 19.1 Å². The van der Waals surface area contributed by atoms with Gasteiger partial charge in [0.15, 0.2) is 0 Å². The number of rotatable bonds is 0. The molecule has 2 atom stereocenters. The Morgan fingerprint density at radius 1 is 1.50 bits per heavy atom. The zero-order valence-corrected chi connectivity index (χ0v) is 8.18. The van der Waals surface area contributed by atoms with Crippen LogP contribution in [0.1, 0.15) is 19.8 Å². The van der Waals surface area contributed by atoms with Crippen molar-refractivity contribution in [2.45, 2.75) is 19.8 Å². The quantitative estimate of drug-likeness (QED) is 0.543. The summed E-state index contributed by atoms with van der Waals surface area (Å²) in [6.45, 7) is 6.87. The molecule has 1 spiro atoms. The summed E-state index contributed by atoms with van der Waals surface area (Å²) < 4.78 is 5.60. The van der Waals surface area contributed by atoms with Crippen molar-refractivity contribution in [3.8, 4) is 0 Å². The van der Waals surface area contributed by atoms with Crippen LogP contribution in [0.25, 0.3) is 0 Å². The Morgan fingerprint density at radius 2 is 2.33 bits per heavy atom. The molecule has 0 saturated carbocycles. The summed E-state index contributed by atoms with van der Waals surface area (Å²) in [4.78, 5) is 2.44. The Kier molecular flexibility index (Phi) is 2.13. The van der Waals surface area contributed by atoms with Gasteiger partial charge in [-0.3, -0.25) is 0 Å². The molecular weight excluding hydrogens is 150 g/mol. The molecule has 2 unspecified atom stereocenters. The maximum absolute atomic E-state index is 5.60. The van der Waals surface area contributed by atoms with Crippen molar-refractivity contribution >= 4 is 0 Å². The summed E-state index contributed by atoms with van der Waals surface area (Å²) >= 11 is 0. The third-order valence-corrected chi connectivity index (χ3v) is 3.71. The molecule has 2 rings (SSSR count). The van der Waals surface area contributed by atoms with Crippen molar-refractivity contribution in [3.63, 3.8) is 0 Å². The zero-order valence-electron chi connectivity index (χ0n) is 8.18. The van der Waals surface area contributed by atoms with E-state index in [-0.39, 0.29) is 0 Å². The third kappa shape index (κ3) is 1.27. The number of hydrogen-bond donors (Lipinski definition) is 0. The lowest BCUT2D eigenvalue weighted by molar-refractivity contribution is -0.0388. The van der Waals surface area contributed by atoms with Crippen molar-refractivity contribution in [2.24, 2.45) is 11.3 Å². The topological polar surface area (TPSA) is 12.5 Å². The van der Waals surface area contributed by atoms with Crippen LogP contribution in [0.2, 0.25) is 0 Å². The van der Waals surface area contributed by atoms with E-state index in [1.807, 2.05) is 0 Å². The Labute approximate surface area is 74.9 Å². The van der Waals surface area contributed by atoms with Gasteiger partial charge in [0.25, 0.3) is 0 Å². The highest BCUT2D eigenvalue weighted by atomic mass is 16.5. The average Bonchev–Trinajstić information content (AvgIpc) is 2.41. The Hall–Kier alpha value is -0.0800. The van der Waals surface area contributed by atoms with Gasteiger partial charge in [0.1, 0.15) is 0 Å². The molecule has 2 aliphatic rings. The zero-order chi connectivity index (χ0) is 8.60. The maximum Gasteiger partial charge on any atom is 0.0537 e. The van der Waals surface area contributed by atoms with Gasteiger partial charge in [-0.2, -0.15) is 0 Å². The van der Waals surface area contributed by atoms with Gasteiger partial charge in [-0.1, -0.05) is 6.92 Å². The SMILES string of the molecule is CC1CCOCC12CCN(C)C2. The lowest BCUT2D eigenvalue weighted by Gasteiger charge is -2.39. The van der Waals surface area contributed by atoms with E-state index in [4.69, 9.17) is 4.74 Å². The number of likely N-dealkylation sites (tertiary alicyclic amines) is 1. The molecule has 0 aromatic carbocycles. The molecule has 2 heterocycles. The second-order valence-electron chi connectivity index (χ2n) is 4.59. The maximum atomic E-state index is 5.60. The third-order valence-electron chi connectivity index (χ3n) is 3.71. The molecule has 2 nitrogen and oxygen atoms in total. The minimum absolute atomic E-state index is 0.507. The fourth-order valence-corrected chi connectivity index (χ4v) is 2.61. The molecule has 0 aromatic heterocycles.